The quantitative estimate of drug-likeness (QED) is 0.803. The fourth-order valence-electron chi connectivity index (χ4n) is 2.04. The number of benzene rings is 2. The molecule has 2 N–H and O–H groups in total. The summed E-state index contributed by atoms with van der Waals surface area (Å²) in [5.74, 6) is -0.672. The van der Waals surface area contributed by atoms with Gasteiger partial charge in [-0.3, -0.25) is 9.59 Å². The van der Waals surface area contributed by atoms with Crippen molar-refractivity contribution in [1.82, 2.24) is 0 Å². The summed E-state index contributed by atoms with van der Waals surface area (Å²) < 4.78 is 6.25. The van der Waals surface area contributed by atoms with E-state index in [0.717, 1.165) is 4.47 Å². The lowest BCUT2D eigenvalue weighted by Gasteiger charge is -2.11. The predicted octanol–water partition coefficient (Wildman–Crippen LogP) is 3.73. The Kier molecular flexibility index (Phi) is 5.76. The van der Waals surface area contributed by atoms with Crippen LogP contribution in [0.4, 0.5) is 5.69 Å². The number of aliphatic carboxylic acids is 1. The number of carboxylic acid groups (broad SMARTS) is 1. The fourth-order valence-corrected chi connectivity index (χ4v) is 2.40. The molecule has 23 heavy (non-hydrogen) atoms. The molecule has 0 heterocycles. The van der Waals surface area contributed by atoms with Crippen molar-refractivity contribution in [3.8, 4) is 5.75 Å². The standard InChI is InChI=1S/C17H16BrNO4/c1-2-23-15-8-5-12(18)10-14(15)17(22)19-13-6-3-11(4-7-13)9-16(20)21/h3-8,10H,2,9H2,1H3,(H,19,22)(H,20,21). The van der Waals surface area contributed by atoms with Crippen LogP contribution in [0, 0.1) is 0 Å². The summed E-state index contributed by atoms with van der Waals surface area (Å²) in [6.07, 6.45) is -0.0473. The zero-order valence-electron chi connectivity index (χ0n) is 12.5. The van der Waals surface area contributed by atoms with Gasteiger partial charge < -0.3 is 15.2 Å². The highest BCUT2D eigenvalue weighted by Crippen LogP contribution is 2.24. The second kappa shape index (κ2) is 7.78. The van der Waals surface area contributed by atoms with Crippen molar-refractivity contribution in [2.75, 3.05) is 11.9 Å². The highest BCUT2D eigenvalue weighted by atomic mass is 79.9. The Morgan fingerprint density at radius 3 is 2.48 bits per heavy atom. The van der Waals surface area contributed by atoms with Crippen molar-refractivity contribution in [2.24, 2.45) is 0 Å². The van der Waals surface area contributed by atoms with E-state index in [0.29, 0.717) is 29.2 Å². The highest BCUT2D eigenvalue weighted by molar-refractivity contribution is 9.10. The Labute approximate surface area is 142 Å². The third-order valence-corrected chi connectivity index (χ3v) is 3.55. The van der Waals surface area contributed by atoms with E-state index in [2.05, 4.69) is 21.2 Å². The van der Waals surface area contributed by atoms with Gasteiger partial charge in [-0.15, -0.1) is 0 Å². The minimum atomic E-state index is -0.891. The average Bonchev–Trinajstić information content (AvgIpc) is 2.50. The van der Waals surface area contributed by atoms with Crippen LogP contribution in [0.1, 0.15) is 22.8 Å². The number of hydrogen-bond acceptors (Lipinski definition) is 3. The molecule has 2 aromatic carbocycles. The summed E-state index contributed by atoms with van der Waals surface area (Å²) in [5.41, 5.74) is 1.69. The topological polar surface area (TPSA) is 75.6 Å². The third-order valence-electron chi connectivity index (χ3n) is 3.05. The zero-order chi connectivity index (χ0) is 16.8. The Bertz CT molecular complexity index is 713. The van der Waals surface area contributed by atoms with E-state index in [1.54, 1.807) is 36.4 Å². The van der Waals surface area contributed by atoms with Crippen LogP contribution in [0.15, 0.2) is 46.9 Å². The van der Waals surface area contributed by atoms with Gasteiger partial charge in [0, 0.05) is 10.2 Å². The third kappa shape index (κ3) is 4.82. The summed E-state index contributed by atoms with van der Waals surface area (Å²) in [6.45, 7) is 2.32. The molecule has 5 nitrogen and oxygen atoms in total. The second-order valence-electron chi connectivity index (χ2n) is 4.80. The van der Waals surface area contributed by atoms with E-state index >= 15 is 0 Å². The first kappa shape index (κ1) is 17.0. The zero-order valence-corrected chi connectivity index (χ0v) is 14.1. The van der Waals surface area contributed by atoms with Crippen LogP contribution in [-0.2, 0) is 11.2 Å². The van der Waals surface area contributed by atoms with Crippen LogP contribution < -0.4 is 10.1 Å². The summed E-state index contributed by atoms with van der Waals surface area (Å²) in [7, 11) is 0. The van der Waals surface area contributed by atoms with Crippen LogP contribution in [0.2, 0.25) is 0 Å². The van der Waals surface area contributed by atoms with E-state index < -0.39 is 5.97 Å². The van der Waals surface area contributed by atoms with Crippen LogP contribution in [0.5, 0.6) is 5.75 Å². The number of anilines is 1. The molecule has 0 saturated carbocycles. The van der Waals surface area contributed by atoms with Crippen LogP contribution in [0.25, 0.3) is 0 Å². The van der Waals surface area contributed by atoms with E-state index in [9.17, 15) is 9.59 Å². The lowest BCUT2D eigenvalue weighted by molar-refractivity contribution is -0.136. The maximum absolute atomic E-state index is 12.4. The number of carbonyl (C=O) groups is 2. The van der Waals surface area contributed by atoms with E-state index in [-0.39, 0.29) is 12.3 Å². The van der Waals surface area contributed by atoms with Gasteiger partial charge in [0.25, 0.3) is 5.91 Å². The van der Waals surface area contributed by atoms with Gasteiger partial charge in [-0.2, -0.15) is 0 Å². The highest BCUT2D eigenvalue weighted by Gasteiger charge is 2.13. The molecule has 0 saturated heterocycles. The smallest absolute Gasteiger partial charge is 0.307 e. The molecule has 6 heteroatoms. The molecule has 0 bridgehead atoms. The van der Waals surface area contributed by atoms with Crippen LogP contribution in [-0.4, -0.2) is 23.6 Å². The average molecular weight is 378 g/mol. The van der Waals surface area contributed by atoms with Gasteiger partial charge in [-0.25, -0.2) is 0 Å². The number of carboxylic acids is 1. The SMILES string of the molecule is CCOc1ccc(Br)cc1C(=O)Nc1ccc(CC(=O)O)cc1. The Balaban J connectivity index is 2.15. The van der Waals surface area contributed by atoms with E-state index in [4.69, 9.17) is 9.84 Å². The Hall–Kier alpha value is -2.34. The first-order chi connectivity index (χ1) is 11.0. The molecule has 0 aliphatic carbocycles. The van der Waals surface area contributed by atoms with Gasteiger partial charge in [0.05, 0.1) is 18.6 Å². The minimum absolute atomic E-state index is 0.0473. The molecule has 0 aromatic heterocycles. The van der Waals surface area contributed by atoms with Gasteiger partial charge in [0.1, 0.15) is 5.75 Å². The van der Waals surface area contributed by atoms with Gasteiger partial charge in [0.2, 0.25) is 0 Å². The maximum Gasteiger partial charge on any atom is 0.307 e. The van der Waals surface area contributed by atoms with Crippen molar-refractivity contribution in [3.05, 3.63) is 58.1 Å². The molecule has 0 atom stereocenters. The molecule has 0 unspecified atom stereocenters. The van der Waals surface area contributed by atoms with Gasteiger partial charge in [0.15, 0.2) is 0 Å². The minimum Gasteiger partial charge on any atom is -0.493 e. The monoisotopic (exact) mass is 377 g/mol. The number of hydrogen-bond donors (Lipinski definition) is 2. The lowest BCUT2D eigenvalue weighted by atomic mass is 10.1. The number of rotatable bonds is 6. The second-order valence-corrected chi connectivity index (χ2v) is 5.71. The number of carbonyl (C=O) groups excluding carboxylic acids is 1. The molecule has 0 aliphatic heterocycles. The normalized spacial score (nSPS) is 10.2. The van der Waals surface area contributed by atoms with Gasteiger partial charge >= 0.3 is 5.97 Å². The van der Waals surface area contributed by atoms with E-state index in [1.165, 1.54) is 0 Å². The lowest BCUT2D eigenvalue weighted by Crippen LogP contribution is -2.14. The predicted molar refractivity (Wildman–Crippen MR) is 91.0 cm³/mol. The number of nitrogens with one attached hydrogen (secondary N) is 1. The number of ether oxygens (including phenoxy) is 1. The van der Waals surface area contributed by atoms with Crippen LogP contribution >= 0.6 is 15.9 Å². The maximum atomic E-state index is 12.4. The molecule has 120 valence electrons. The van der Waals surface area contributed by atoms with Gasteiger partial charge in [-0.05, 0) is 42.8 Å². The fraction of sp³-hybridized carbons (Fsp3) is 0.176. The number of halogens is 1. The Morgan fingerprint density at radius 2 is 1.87 bits per heavy atom. The van der Waals surface area contributed by atoms with Crippen molar-refractivity contribution < 1.29 is 19.4 Å². The van der Waals surface area contributed by atoms with E-state index in [1.807, 2.05) is 13.0 Å². The molecule has 1 amide bonds. The summed E-state index contributed by atoms with van der Waals surface area (Å²) in [5, 5.41) is 11.5. The van der Waals surface area contributed by atoms with Crippen molar-refractivity contribution in [1.29, 1.82) is 0 Å². The first-order valence-electron chi connectivity index (χ1n) is 7.04. The molecule has 2 aromatic rings. The largest absolute Gasteiger partial charge is 0.493 e. The van der Waals surface area contributed by atoms with Crippen molar-refractivity contribution in [2.45, 2.75) is 13.3 Å². The molecule has 0 spiro atoms. The molecule has 0 radical (unpaired) electrons. The molecule has 2 rings (SSSR count). The molecular weight excluding hydrogens is 362 g/mol. The van der Waals surface area contributed by atoms with Crippen molar-refractivity contribution >= 4 is 33.5 Å². The number of amides is 1. The first-order valence-corrected chi connectivity index (χ1v) is 7.83. The van der Waals surface area contributed by atoms with Crippen LogP contribution in [0.3, 0.4) is 0 Å². The van der Waals surface area contributed by atoms with Crippen molar-refractivity contribution in [3.63, 3.8) is 0 Å². The summed E-state index contributed by atoms with van der Waals surface area (Å²) >= 11 is 3.34. The summed E-state index contributed by atoms with van der Waals surface area (Å²) in [4.78, 5) is 23.1. The summed E-state index contributed by atoms with van der Waals surface area (Å²) in [6, 6.07) is 11.9. The molecule has 0 fully saturated rings. The van der Waals surface area contributed by atoms with Gasteiger partial charge in [-0.1, -0.05) is 28.1 Å². The molecular formula is C17H16BrNO4. The Morgan fingerprint density at radius 1 is 1.17 bits per heavy atom. The molecule has 0 aliphatic rings.